The number of hydrogen-bond donors (Lipinski definition) is 2. The first-order valence-corrected chi connectivity index (χ1v) is 12.2. The van der Waals surface area contributed by atoms with Crippen molar-refractivity contribution < 1.29 is 38.4 Å². The Balaban J connectivity index is 2.04. The van der Waals surface area contributed by atoms with Crippen LogP contribution in [0.1, 0.15) is 46.6 Å². The minimum Gasteiger partial charge on any atom is -0.444 e. The molecule has 10 heteroatoms. The molecule has 0 aliphatic rings. The Morgan fingerprint density at radius 3 is 2.27 bits per heavy atom. The van der Waals surface area contributed by atoms with Gasteiger partial charge in [0.2, 0.25) is 6.79 Å². The van der Waals surface area contributed by atoms with Gasteiger partial charge in [0.05, 0.1) is 6.10 Å². The molecule has 2 aromatic rings. The summed E-state index contributed by atoms with van der Waals surface area (Å²) in [5.41, 5.74) is 2.04. The Morgan fingerprint density at radius 1 is 1.00 bits per heavy atom. The zero-order chi connectivity index (χ0) is 27.6. The smallest absolute Gasteiger partial charge is 0.444 e. The highest BCUT2D eigenvalue weighted by molar-refractivity contribution is 6.30. The van der Waals surface area contributed by atoms with Gasteiger partial charge in [-0.3, -0.25) is 0 Å². The van der Waals surface area contributed by atoms with Crippen molar-refractivity contribution in [1.82, 2.24) is 5.32 Å². The van der Waals surface area contributed by atoms with Crippen LogP contribution in [0.25, 0.3) is 11.1 Å². The number of carbonyl (C=O) groups excluding carboxylic acids is 3. The maximum Gasteiger partial charge on any atom is 0.511 e. The van der Waals surface area contributed by atoms with E-state index in [1.807, 2.05) is 42.5 Å². The molecule has 0 saturated carbocycles. The zero-order valence-corrected chi connectivity index (χ0v) is 22.4. The summed E-state index contributed by atoms with van der Waals surface area (Å²) in [6.07, 6.45) is -3.53. The van der Waals surface area contributed by atoms with Gasteiger partial charge in [-0.1, -0.05) is 48.0 Å². The summed E-state index contributed by atoms with van der Waals surface area (Å²) in [6.45, 7) is 7.75. The predicted molar refractivity (Wildman–Crippen MR) is 138 cm³/mol. The molecule has 2 aromatic carbocycles. The lowest BCUT2D eigenvalue weighted by Gasteiger charge is -2.25. The zero-order valence-electron chi connectivity index (χ0n) is 21.7. The Kier molecular flexibility index (Phi) is 11.2. The molecule has 0 aliphatic carbocycles. The molecule has 0 unspecified atom stereocenters. The molecule has 0 aromatic heterocycles. The summed E-state index contributed by atoms with van der Waals surface area (Å²) in [6, 6.07) is 14.4. The predicted octanol–water partition coefficient (Wildman–Crippen LogP) is 5.26. The molecular formula is C27H34ClNO8. The molecule has 2 atom stereocenters. The van der Waals surface area contributed by atoms with Crippen molar-refractivity contribution in [1.29, 1.82) is 0 Å². The van der Waals surface area contributed by atoms with Crippen LogP contribution < -0.4 is 5.32 Å². The topological polar surface area (TPSA) is 120 Å². The van der Waals surface area contributed by atoms with Crippen molar-refractivity contribution in [3.63, 3.8) is 0 Å². The van der Waals surface area contributed by atoms with E-state index >= 15 is 0 Å². The van der Waals surface area contributed by atoms with Gasteiger partial charge in [0.15, 0.2) is 6.10 Å². The molecule has 0 heterocycles. The molecule has 0 spiro atoms. The molecule has 0 aliphatic heterocycles. The van der Waals surface area contributed by atoms with Crippen molar-refractivity contribution >= 4 is 29.8 Å². The number of aliphatic hydroxyl groups excluding tert-OH is 1. The van der Waals surface area contributed by atoms with E-state index in [9.17, 15) is 19.5 Å². The van der Waals surface area contributed by atoms with Gasteiger partial charge in [0.25, 0.3) is 0 Å². The van der Waals surface area contributed by atoms with Crippen LogP contribution in [0.5, 0.6) is 0 Å². The molecule has 2 N–H and O–H groups in total. The van der Waals surface area contributed by atoms with Crippen LogP contribution in [0.4, 0.5) is 9.59 Å². The highest BCUT2D eigenvalue weighted by atomic mass is 35.5. The fourth-order valence-electron chi connectivity index (χ4n) is 3.28. The molecule has 9 nitrogen and oxygen atoms in total. The first-order chi connectivity index (χ1) is 17.3. The van der Waals surface area contributed by atoms with Gasteiger partial charge < -0.3 is 29.4 Å². The summed E-state index contributed by atoms with van der Waals surface area (Å²) in [5, 5.41) is 13.7. The van der Waals surface area contributed by atoms with Crippen molar-refractivity contribution in [2.75, 3.05) is 6.79 Å². The standard InChI is InChI=1S/C27H34ClNO8/c1-17(2)36-26(33)35-16-34-24(31)23(30)15-22(29-25(32)37-27(3,4)5)13-18-9-11-19(12-10-18)20-7-6-8-21(28)14-20/h6-12,14,17,22-23,30H,13,15-16H2,1-5H3,(H,29,32)/t22-,23-/m1/s1. The van der Waals surface area contributed by atoms with Crippen LogP contribution in [0.3, 0.4) is 0 Å². The van der Waals surface area contributed by atoms with E-state index in [1.54, 1.807) is 40.7 Å². The Hall–Kier alpha value is -3.30. The largest absolute Gasteiger partial charge is 0.511 e. The third-order valence-electron chi connectivity index (χ3n) is 4.80. The van der Waals surface area contributed by atoms with Gasteiger partial charge in [-0.15, -0.1) is 0 Å². The second-order valence-corrected chi connectivity index (χ2v) is 10.1. The Bertz CT molecular complexity index is 1050. The number of halogens is 1. The summed E-state index contributed by atoms with van der Waals surface area (Å²) in [7, 11) is 0. The SMILES string of the molecule is CC(C)OC(=O)OCOC(=O)[C@H](O)C[C@@H](Cc1ccc(-c2cccc(Cl)c2)cc1)NC(=O)OC(C)(C)C. The van der Waals surface area contributed by atoms with Crippen LogP contribution >= 0.6 is 11.6 Å². The second-order valence-electron chi connectivity index (χ2n) is 9.65. The molecule has 2 rings (SSSR count). The molecule has 0 radical (unpaired) electrons. The average molecular weight is 536 g/mol. The first kappa shape index (κ1) is 29.9. The van der Waals surface area contributed by atoms with Gasteiger partial charge >= 0.3 is 18.2 Å². The Labute approximate surface area is 222 Å². The molecule has 0 bridgehead atoms. The third-order valence-corrected chi connectivity index (χ3v) is 5.04. The van der Waals surface area contributed by atoms with E-state index < -0.39 is 48.9 Å². The van der Waals surface area contributed by atoms with E-state index in [1.165, 1.54) is 0 Å². The van der Waals surface area contributed by atoms with Gasteiger partial charge in [-0.25, -0.2) is 14.4 Å². The van der Waals surface area contributed by atoms with Crippen molar-refractivity contribution in [2.45, 2.75) is 71.3 Å². The number of nitrogens with one attached hydrogen (secondary N) is 1. The number of aliphatic hydroxyl groups is 1. The fourth-order valence-corrected chi connectivity index (χ4v) is 3.47. The van der Waals surface area contributed by atoms with Crippen molar-refractivity contribution in [3.05, 3.63) is 59.1 Å². The minimum atomic E-state index is -1.59. The lowest BCUT2D eigenvalue weighted by Crippen LogP contribution is -2.43. The van der Waals surface area contributed by atoms with E-state index in [0.717, 1.165) is 16.7 Å². The lowest BCUT2D eigenvalue weighted by atomic mass is 9.98. The number of hydrogen-bond acceptors (Lipinski definition) is 8. The fraction of sp³-hybridized carbons (Fsp3) is 0.444. The highest BCUT2D eigenvalue weighted by Crippen LogP contribution is 2.23. The summed E-state index contributed by atoms with van der Waals surface area (Å²) in [4.78, 5) is 36.0. The normalized spacial score (nSPS) is 12.9. The first-order valence-electron chi connectivity index (χ1n) is 11.8. The summed E-state index contributed by atoms with van der Waals surface area (Å²) in [5.74, 6) is -1.01. The second kappa shape index (κ2) is 13.9. The van der Waals surface area contributed by atoms with Crippen LogP contribution in [0.2, 0.25) is 5.02 Å². The molecule has 37 heavy (non-hydrogen) atoms. The molecular weight excluding hydrogens is 502 g/mol. The summed E-state index contributed by atoms with van der Waals surface area (Å²) >= 11 is 6.09. The van der Waals surface area contributed by atoms with Gasteiger partial charge in [0.1, 0.15) is 5.60 Å². The van der Waals surface area contributed by atoms with Crippen LogP contribution in [-0.2, 0) is 30.2 Å². The van der Waals surface area contributed by atoms with E-state index in [0.29, 0.717) is 11.4 Å². The van der Waals surface area contributed by atoms with Crippen LogP contribution in [-0.4, -0.2) is 54.0 Å². The van der Waals surface area contributed by atoms with Crippen molar-refractivity contribution in [3.8, 4) is 11.1 Å². The molecule has 202 valence electrons. The highest BCUT2D eigenvalue weighted by Gasteiger charge is 2.26. The number of amides is 1. The van der Waals surface area contributed by atoms with Gasteiger partial charge in [0, 0.05) is 17.5 Å². The molecule has 0 saturated heterocycles. The van der Waals surface area contributed by atoms with E-state index in [4.69, 9.17) is 25.8 Å². The summed E-state index contributed by atoms with van der Waals surface area (Å²) < 4.78 is 19.5. The molecule has 1 amide bonds. The number of rotatable bonds is 10. The average Bonchev–Trinajstić information content (AvgIpc) is 2.77. The van der Waals surface area contributed by atoms with E-state index in [-0.39, 0.29) is 6.42 Å². The number of ether oxygens (including phenoxy) is 4. The Morgan fingerprint density at radius 2 is 1.68 bits per heavy atom. The number of benzene rings is 2. The minimum absolute atomic E-state index is 0.162. The van der Waals surface area contributed by atoms with Gasteiger partial charge in [-0.2, -0.15) is 0 Å². The van der Waals surface area contributed by atoms with Gasteiger partial charge in [-0.05, 0) is 69.9 Å². The van der Waals surface area contributed by atoms with Crippen LogP contribution in [0.15, 0.2) is 48.5 Å². The van der Waals surface area contributed by atoms with Crippen LogP contribution in [0, 0.1) is 0 Å². The maximum atomic E-state index is 12.4. The monoisotopic (exact) mass is 535 g/mol. The quantitative estimate of drug-likeness (QED) is 0.240. The van der Waals surface area contributed by atoms with Crippen molar-refractivity contribution in [2.24, 2.45) is 0 Å². The third kappa shape index (κ3) is 11.5. The number of alkyl carbamates (subject to hydrolysis) is 1. The number of esters is 1. The van der Waals surface area contributed by atoms with E-state index in [2.05, 4.69) is 10.1 Å². The maximum absolute atomic E-state index is 12.4. The lowest BCUT2D eigenvalue weighted by molar-refractivity contribution is -0.164. The number of carbonyl (C=O) groups is 3. The molecule has 0 fully saturated rings.